The van der Waals surface area contributed by atoms with Crippen molar-refractivity contribution in [3.05, 3.63) is 18.2 Å². The van der Waals surface area contributed by atoms with Gasteiger partial charge in [0.25, 0.3) is 0 Å². The molecule has 1 heterocycles. The fourth-order valence-corrected chi connectivity index (χ4v) is 3.53. The quantitative estimate of drug-likeness (QED) is 0.576. The highest BCUT2D eigenvalue weighted by Crippen LogP contribution is 2.27. The molecule has 0 aliphatic heterocycles. The summed E-state index contributed by atoms with van der Waals surface area (Å²) in [6, 6.07) is 5.54. The summed E-state index contributed by atoms with van der Waals surface area (Å²) >= 11 is 3.21. The summed E-state index contributed by atoms with van der Waals surface area (Å²) in [6.07, 6.45) is 1.51. The third-order valence-electron chi connectivity index (χ3n) is 2.77. The fraction of sp³-hybridized carbons (Fsp3) is 0.429. The van der Waals surface area contributed by atoms with E-state index in [1.165, 1.54) is 11.3 Å². The SMILES string of the molecule is COCCCSCCC(=O)Nc1nc2ccc(N)cc2s1. The molecule has 0 atom stereocenters. The van der Waals surface area contributed by atoms with Gasteiger partial charge in [0, 0.05) is 31.6 Å². The topological polar surface area (TPSA) is 77.2 Å². The minimum Gasteiger partial charge on any atom is -0.399 e. The number of thioether (sulfide) groups is 1. The Bertz CT molecular complexity index is 601. The van der Waals surface area contributed by atoms with Crippen LogP contribution in [0.4, 0.5) is 10.8 Å². The summed E-state index contributed by atoms with van der Waals surface area (Å²) in [5.74, 6) is 1.83. The van der Waals surface area contributed by atoms with Crippen LogP contribution in [0.5, 0.6) is 0 Å². The van der Waals surface area contributed by atoms with Gasteiger partial charge >= 0.3 is 0 Å². The van der Waals surface area contributed by atoms with Gasteiger partial charge in [0.1, 0.15) is 0 Å². The van der Waals surface area contributed by atoms with Crippen molar-refractivity contribution in [1.29, 1.82) is 0 Å². The molecule has 0 unspecified atom stereocenters. The lowest BCUT2D eigenvalue weighted by Crippen LogP contribution is -2.12. The zero-order valence-corrected chi connectivity index (χ0v) is 13.6. The first-order valence-corrected chi connectivity index (χ1v) is 8.69. The smallest absolute Gasteiger partial charge is 0.226 e. The monoisotopic (exact) mass is 325 g/mol. The van der Waals surface area contributed by atoms with Crippen molar-refractivity contribution in [3.8, 4) is 0 Å². The predicted molar refractivity (Wildman–Crippen MR) is 91.1 cm³/mol. The maximum Gasteiger partial charge on any atom is 0.226 e. The van der Waals surface area contributed by atoms with Crippen LogP contribution >= 0.6 is 23.1 Å². The number of ether oxygens (including phenoxy) is 1. The maximum absolute atomic E-state index is 11.8. The van der Waals surface area contributed by atoms with Gasteiger partial charge < -0.3 is 15.8 Å². The number of rotatable bonds is 8. The van der Waals surface area contributed by atoms with Crippen molar-refractivity contribution in [2.24, 2.45) is 0 Å². The number of hydrogen-bond acceptors (Lipinski definition) is 6. The number of hydrogen-bond donors (Lipinski definition) is 2. The number of thiazole rings is 1. The average molecular weight is 325 g/mol. The number of nitrogens with zero attached hydrogens (tertiary/aromatic N) is 1. The first kappa shape index (κ1) is 16.1. The number of carbonyl (C=O) groups excluding carboxylic acids is 1. The number of carbonyl (C=O) groups is 1. The Kier molecular flexibility index (Phi) is 6.28. The first-order chi connectivity index (χ1) is 10.2. The van der Waals surface area contributed by atoms with E-state index in [0.29, 0.717) is 17.2 Å². The molecule has 0 aliphatic rings. The van der Waals surface area contributed by atoms with E-state index in [2.05, 4.69) is 10.3 Å². The second-order valence-electron chi connectivity index (χ2n) is 4.50. The molecule has 0 saturated carbocycles. The van der Waals surface area contributed by atoms with Crippen molar-refractivity contribution in [1.82, 2.24) is 4.98 Å². The second-order valence-corrected chi connectivity index (χ2v) is 6.76. The number of amides is 1. The highest BCUT2D eigenvalue weighted by Gasteiger charge is 2.08. The van der Waals surface area contributed by atoms with E-state index in [9.17, 15) is 4.79 Å². The number of benzene rings is 1. The molecule has 0 fully saturated rings. The molecule has 114 valence electrons. The van der Waals surface area contributed by atoms with E-state index < -0.39 is 0 Å². The normalized spacial score (nSPS) is 10.9. The predicted octanol–water partition coefficient (Wildman–Crippen LogP) is 2.98. The fourth-order valence-electron chi connectivity index (χ4n) is 1.75. The Morgan fingerprint density at radius 1 is 1.48 bits per heavy atom. The van der Waals surface area contributed by atoms with Crippen molar-refractivity contribution in [2.75, 3.05) is 36.3 Å². The number of nitrogens with two attached hydrogens (primary N) is 1. The highest BCUT2D eigenvalue weighted by atomic mass is 32.2. The minimum absolute atomic E-state index is 0.00118. The van der Waals surface area contributed by atoms with Crippen LogP contribution < -0.4 is 11.1 Å². The number of fused-ring (bicyclic) bond motifs is 1. The van der Waals surface area contributed by atoms with Crippen LogP contribution in [0.25, 0.3) is 10.2 Å². The van der Waals surface area contributed by atoms with Crippen molar-refractivity contribution in [3.63, 3.8) is 0 Å². The van der Waals surface area contributed by atoms with E-state index >= 15 is 0 Å². The maximum atomic E-state index is 11.8. The lowest BCUT2D eigenvalue weighted by molar-refractivity contribution is -0.115. The molecule has 21 heavy (non-hydrogen) atoms. The van der Waals surface area contributed by atoms with Crippen LogP contribution in [0.1, 0.15) is 12.8 Å². The van der Waals surface area contributed by atoms with Crippen LogP contribution in [-0.4, -0.2) is 36.1 Å². The molecule has 0 spiro atoms. The van der Waals surface area contributed by atoms with Gasteiger partial charge in [-0.3, -0.25) is 4.79 Å². The number of methoxy groups -OCH3 is 1. The lowest BCUT2D eigenvalue weighted by atomic mass is 10.3. The Labute approximate surface area is 132 Å². The van der Waals surface area contributed by atoms with Gasteiger partial charge in [0.2, 0.25) is 5.91 Å². The summed E-state index contributed by atoms with van der Waals surface area (Å²) in [5.41, 5.74) is 7.29. The highest BCUT2D eigenvalue weighted by molar-refractivity contribution is 7.99. The van der Waals surface area contributed by atoms with Crippen LogP contribution in [0, 0.1) is 0 Å². The van der Waals surface area contributed by atoms with Crippen LogP contribution in [0.15, 0.2) is 18.2 Å². The summed E-state index contributed by atoms with van der Waals surface area (Å²) in [5, 5.41) is 3.47. The summed E-state index contributed by atoms with van der Waals surface area (Å²) in [6.45, 7) is 0.772. The molecule has 2 aromatic rings. The van der Waals surface area contributed by atoms with Gasteiger partial charge in [-0.2, -0.15) is 11.8 Å². The molecule has 1 aromatic heterocycles. The van der Waals surface area contributed by atoms with Crippen LogP contribution in [0.3, 0.4) is 0 Å². The molecule has 3 N–H and O–H groups in total. The van der Waals surface area contributed by atoms with E-state index in [-0.39, 0.29) is 5.91 Å². The van der Waals surface area contributed by atoms with Crippen LogP contribution in [-0.2, 0) is 9.53 Å². The molecule has 7 heteroatoms. The van der Waals surface area contributed by atoms with Gasteiger partial charge in [0.15, 0.2) is 5.13 Å². The Morgan fingerprint density at radius 3 is 3.14 bits per heavy atom. The molecule has 0 aliphatic carbocycles. The van der Waals surface area contributed by atoms with E-state index in [0.717, 1.165) is 34.8 Å². The standard InChI is InChI=1S/C14H19N3O2S2/c1-19-6-2-7-20-8-5-13(18)17-14-16-11-4-3-10(15)9-12(11)21-14/h3-4,9H,2,5-8,15H2,1H3,(H,16,17,18). The lowest BCUT2D eigenvalue weighted by Gasteiger charge is -2.02. The van der Waals surface area contributed by atoms with Gasteiger partial charge in [-0.15, -0.1) is 0 Å². The zero-order valence-electron chi connectivity index (χ0n) is 11.9. The summed E-state index contributed by atoms with van der Waals surface area (Å²) in [7, 11) is 1.70. The molecule has 0 radical (unpaired) electrons. The number of nitrogen functional groups attached to an aromatic ring is 1. The van der Waals surface area contributed by atoms with Crippen molar-refractivity contribution in [2.45, 2.75) is 12.8 Å². The van der Waals surface area contributed by atoms with Gasteiger partial charge in [-0.25, -0.2) is 4.98 Å². The minimum atomic E-state index is 0.00118. The molecular formula is C14H19N3O2S2. The summed E-state index contributed by atoms with van der Waals surface area (Å²) < 4.78 is 5.96. The molecule has 1 aromatic carbocycles. The average Bonchev–Trinajstić information content (AvgIpc) is 2.83. The number of anilines is 2. The molecule has 0 saturated heterocycles. The van der Waals surface area contributed by atoms with E-state index in [1.54, 1.807) is 18.9 Å². The van der Waals surface area contributed by atoms with Gasteiger partial charge in [-0.05, 0) is 30.4 Å². The summed E-state index contributed by atoms with van der Waals surface area (Å²) in [4.78, 5) is 16.2. The molecule has 0 bridgehead atoms. The van der Waals surface area contributed by atoms with Crippen molar-refractivity contribution >= 4 is 50.0 Å². The largest absolute Gasteiger partial charge is 0.399 e. The molecule has 5 nitrogen and oxygen atoms in total. The number of aromatic nitrogens is 1. The van der Waals surface area contributed by atoms with Gasteiger partial charge in [-0.1, -0.05) is 11.3 Å². The zero-order chi connectivity index (χ0) is 15.1. The van der Waals surface area contributed by atoms with Crippen LogP contribution in [0.2, 0.25) is 0 Å². The Hall–Kier alpha value is -1.31. The van der Waals surface area contributed by atoms with Gasteiger partial charge in [0.05, 0.1) is 10.2 Å². The molecular weight excluding hydrogens is 306 g/mol. The Balaban J connectivity index is 1.76. The third-order valence-corrected chi connectivity index (χ3v) is 4.77. The second kappa shape index (κ2) is 8.21. The van der Waals surface area contributed by atoms with E-state index in [4.69, 9.17) is 10.5 Å². The Morgan fingerprint density at radius 2 is 2.33 bits per heavy atom. The third kappa shape index (κ3) is 5.18. The number of nitrogens with one attached hydrogen (secondary N) is 1. The first-order valence-electron chi connectivity index (χ1n) is 6.71. The van der Waals surface area contributed by atoms with E-state index in [1.807, 2.05) is 18.2 Å². The molecule has 2 rings (SSSR count). The van der Waals surface area contributed by atoms with Crippen molar-refractivity contribution < 1.29 is 9.53 Å². The molecule has 1 amide bonds.